The molecule has 1 fully saturated rings. The topological polar surface area (TPSA) is 102 Å². The molecule has 3 rings (SSSR count). The van der Waals surface area contributed by atoms with Gasteiger partial charge >= 0.3 is 0 Å². The number of anilines is 2. The van der Waals surface area contributed by atoms with Crippen molar-refractivity contribution in [2.45, 2.75) is 12.8 Å². The third-order valence-corrected chi connectivity index (χ3v) is 4.76. The highest BCUT2D eigenvalue weighted by Gasteiger charge is 2.36. The number of primary amides is 1. The van der Waals surface area contributed by atoms with E-state index >= 15 is 0 Å². The second-order valence-corrected chi connectivity index (χ2v) is 6.99. The molecule has 3 amide bonds. The third-order valence-electron chi connectivity index (χ3n) is 4.53. The van der Waals surface area contributed by atoms with E-state index in [-0.39, 0.29) is 31.2 Å². The van der Waals surface area contributed by atoms with Gasteiger partial charge in [0.15, 0.2) is 0 Å². The summed E-state index contributed by atoms with van der Waals surface area (Å²) in [5, 5.41) is 3.28. The Bertz CT molecular complexity index is 914. The first-order valence-corrected chi connectivity index (χ1v) is 9.07. The summed E-state index contributed by atoms with van der Waals surface area (Å²) < 4.78 is 5.31. The van der Waals surface area contributed by atoms with Crippen LogP contribution in [0.25, 0.3) is 0 Å². The van der Waals surface area contributed by atoms with Crippen LogP contribution in [0.5, 0.6) is 5.75 Å². The van der Waals surface area contributed by atoms with E-state index in [1.54, 1.807) is 42.5 Å². The highest BCUT2D eigenvalue weighted by atomic mass is 35.5. The van der Waals surface area contributed by atoms with Gasteiger partial charge in [0.05, 0.1) is 25.1 Å². The van der Waals surface area contributed by atoms with Crippen molar-refractivity contribution in [3.8, 4) is 5.75 Å². The van der Waals surface area contributed by atoms with Crippen molar-refractivity contribution in [2.75, 3.05) is 23.9 Å². The van der Waals surface area contributed by atoms with Gasteiger partial charge in [0.25, 0.3) is 0 Å². The molecule has 146 valence electrons. The molecule has 0 saturated carbocycles. The summed E-state index contributed by atoms with van der Waals surface area (Å²) in [4.78, 5) is 37.5. The molecule has 1 heterocycles. The number of amides is 3. The summed E-state index contributed by atoms with van der Waals surface area (Å²) in [5.74, 6) is -0.819. The molecule has 1 saturated heterocycles. The molecule has 0 spiro atoms. The fourth-order valence-electron chi connectivity index (χ4n) is 3.14. The van der Waals surface area contributed by atoms with E-state index in [4.69, 9.17) is 22.1 Å². The van der Waals surface area contributed by atoms with Gasteiger partial charge in [-0.2, -0.15) is 0 Å². The van der Waals surface area contributed by atoms with Crippen LogP contribution in [-0.2, 0) is 20.8 Å². The van der Waals surface area contributed by atoms with E-state index in [0.29, 0.717) is 22.1 Å². The second kappa shape index (κ2) is 8.31. The fraction of sp³-hybridized carbons (Fsp3) is 0.250. The molecule has 3 N–H and O–H groups in total. The molecule has 1 aliphatic rings. The van der Waals surface area contributed by atoms with Crippen LogP contribution in [0.1, 0.15) is 12.0 Å². The Kier molecular flexibility index (Phi) is 5.84. The van der Waals surface area contributed by atoms with E-state index < -0.39 is 11.8 Å². The van der Waals surface area contributed by atoms with Gasteiger partial charge in [-0.25, -0.2) is 0 Å². The number of nitrogens with one attached hydrogen (secondary N) is 1. The largest absolute Gasteiger partial charge is 0.495 e. The maximum Gasteiger partial charge on any atom is 0.229 e. The lowest BCUT2D eigenvalue weighted by molar-refractivity contribution is -0.122. The van der Waals surface area contributed by atoms with Gasteiger partial charge in [-0.05, 0) is 35.9 Å². The molecule has 28 heavy (non-hydrogen) atoms. The predicted octanol–water partition coefficient (Wildman–Crippen LogP) is 2.37. The van der Waals surface area contributed by atoms with Crippen molar-refractivity contribution < 1.29 is 19.1 Å². The normalized spacial score (nSPS) is 16.1. The number of carbonyl (C=O) groups is 3. The molecule has 1 unspecified atom stereocenters. The summed E-state index contributed by atoms with van der Waals surface area (Å²) >= 11 is 6.05. The van der Waals surface area contributed by atoms with Crippen LogP contribution < -0.4 is 20.7 Å². The first kappa shape index (κ1) is 19.7. The zero-order chi connectivity index (χ0) is 20.3. The highest BCUT2D eigenvalue weighted by molar-refractivity contribution is 6.31. The monoisotopic (exact) mass is 401 g/mol. The number of nitrogens with two attached hydrogens (primary N) is 1. The Balaban J connectivity index is 1.69. The summed E-state index contributed by atoms with van der Waals surface area (Å²) in [7, 11) is 1.51. The first-order valence-electron chi connectivity index (χ1n) is 8.69. The van der Waals surface area contributed by atoms with Gasteiger partial charge in [-0.15, -0.1) is 0 Å². The third kappa shape index (κ3) is 4.43. The molecule has 8 heteroatoms. The molecule has 7 nitrogen and oxygen atoms in total. The summed E-state index contributed by atoms with van der Waals surface area (Å²) in [6.07, 6.45) is 0.239. The predicted molar refractivity (Wildman–Crippen MR) is 106 cm³/mol. The lowest BCUT2D eigenvalue weighted by Gasteiger charge is -2.20. The number of hydrogen-bond acceptors (Lipinski definition) is 4. The number of nitrogens with zero attached hydrogens (tertiary/aromatic N) is 1. The Labute approximate surface area is 167 Å². The van der Waals surface area contributed by atoms with Crippen LogP contribution in [0.15, 0.2) is 42.5 Å². The van der Waals surface area contributed by atoms with Crippen molar-refractivity contribution in [3.05, 3.63) is 53.1 Å². The lowest BCUT2D eigenvalue weighted by Crippen LogP contribution is -2.28. The molecule has 0 aliphatic carbocycles. The maximum atomic E-state index is 12.6. The van der Waals surface area contributed by atoms with Crippen molar-refractivity contribution in [2.24, 2.45) is 11.7 Å². The quantitative estimate of drug-likeness (QED) is 0.775. The SMILES string of the molecule is COc1ccc(Cl)cc1N1CC(C(=O)Nc2ccc(CC(N)=O)cc2)CC1=O. The average Bonchev–Trinajstić information content (AvgIpc) is 3.04. The number of benzene rings is 2. The molecule has 0 aromatic heterocycles. The van der Waals surface area contributed by atoms with Crippen molar-refractivity contribution in [1.82, 2.24) is 0 Å². The second-order valence-electron chi connectivity index (χ2n) is 6.55. The fourth-order valence-corrected chi connectivity index (χ4v) is 3.31. The smallest absolute Gasteiger partial charge is 0.229 e. The first-order chi connectivity index (χ1) is 13.4. The Morgan fingerprint density at radius 1 is 1.25 bits per heavy atom. The van der Waals surface area contributed by atoms with Crippen LogP contribution in [0.2, 0.25) is 5.02 Å². The van der Waals surface area contributed by atoms with Gasteiger partial charge in [0, 0.05) is 23.7 Å². The van der Waals surface area contributed by atoms with E-state index in [1.165, 1.54) is 12.0 Å². The number of halogens is 1. The van der Waals surface area contributed by atoms with Crippen molar-refractivity contribution >= 4 is 40.7 Å². The Morgan fingerprint density at radius 2 is 1.96 bits per heavy atom. The number of ether oxygens (including phenoxy) is 1. The number of methoxy groups -OCH3 is 1. The summed E-state index contributed by atoms with van der Waals surface area (Å²) in [6, 6.07) is 11.9. The van der Waals surface area contributed by atoms with Crippen LogP contribution in [0.3, 0.4) is 0 Å². The number of rotatable bonds is 6. The number of carbonyl (C=O) groups excluding carboxylic acids is 3. The van der Waals surface area contributed by atoms with E-state index in [1.807, 2.05) is 0 Å². The number of hydrogen-bond donors (Lipinski definition) is 2. The van der Waals surface area contributed by atoms with Crippen LogP contribution >= 0.6 is 11.6 Å². The minimum atomic E-state index is -0.499. The van der Waals surface area contributed by atoms with E-state index in [9.17, 15) is 14.4 Å². The van der Waals surface area contributed by atoms with Gasteiger partial charge < -0.3 is 20.7 Å². The minimum Gasteiger partial charge on any atom is -0.495 e. The molecule has 2 aromatic rings. The summed E-state index contributed by atoms with van der Waals surface area (Å²) in [6.45, 7) is 0.237. The zero-order valence-electron chi connectivity index (χ0n) is 15.3. The van der Waals surface area contributed by atoms with Crippen LogP contribution in [-0.4, -0.2) is 31.4 Å². The van der Waals surface area contributed by atoms with Crippen molar-refractivity contribution in [1.29, 1.82) is 0 Å². The molecule has 2 aromatic carbocycles. The lowest BCUT2D eigenvalue weighted by atomic mass is 10.1. The van der Waals surface area contributed by atoms with Gasteiger partial charge in [0.2, 0.25) is 17.7 Å². The van der Waals surface area contributed by atoms with Crippen molar-refractivity contribution in [3.63, 3.8) is 0 Å². The van der Waals surface area contributed by atoms with E-state index in [2.05, 4.69) is 5.32 Å². The van der Waals surface area contributed by atoms with Gasteiger partial charge in [-0.1, -0.05) is 23.7 Å². The maximum absolute atomic E-state index is 12.6. The molecule has 1 atom stereocenters. The molecular formula is C20H20ClN3O4. The average molecular weight is 402 g/mol. The van der Waals surface area contributed by atoms with Gasteiger partial charge in [0.1, 0.15) is 5.75 Å². The molecule has 0 bridgehead atoms. The van der Waals surface area contributed by atoms with Crippen LogP contribution in [0.4, 0.5) is 11.4 Å². The van der Waals surface area contributed by atoms with Crippen LogP contribution in [0, 0.1) is 5.92 Å². The van der Waals surface area contributed by atoms with E-state index in [0.717, 1.165) is 5.56 Å². The Morgan fingerprint density at radius 3 is 2.61 bits per heavy atom. The zero-order valence-corrected chi connectivity index (χ0v) is 16.0. The minimum absolute atomic E-state index is 0.0985. The van der Waals surface area contributed by atoms with Gasteiger partial charge in [-0.3, -0.25) is 14.4 Å². The highest BCUT2D eigenvalue weighted by Crippen LogP contribution is 2.35. The Hall–Kier alpha value is -3.06. The standard InChI is InChI=1S/C20H20ClN3O4/c1-28-17-7-4-14(21)10-16(17)24-11-13(9-19(24)26)20(27)23-15-5-2-12(3-6-15)8-18(22)25/h2-7,10,13H,8-9,11H2,1H3,(H2,22,25)(H,23,27). The molecular weight excluding hydrogens is 382 g/mol. The molecule has 0 radical (unpaired) electrons. The summed E-state index contributed by atoms with van der Waals surface area (Å²) in [5.41, 5.74) is 7.07. The molecule has 1 aliphatic heterocycles.